The molecule has 3 heterocycles. The van der Waals surface area contributed by atoms with Crippen LogP contribution >= 0.6 is 34.2 Å². The summed E-state index contributed by atoms with van der Waals surface area (Å²) in [6.07, 6.45) is 3.13. The van der Waals surface area contributed by atoms with Gasteiger partial charge in [-0.25, -0.2) is 9.67 Å². The first-order valence-electron chi connectivity index (χ1n) is 10.4. The maximum Gasteiger partial charge on any atom is 0.252 e. The quantitative estimate of drug-likeness (QED) is 0.320. The molecule has 2 aromatic carbocycles. The predicted molar refractivity (Wildman–Crippen MR) is 140 cm³/mol. The van der Waals surface area contributed by atoms with Gasteiger partial charge in [0.1, 0.15) is 5.65 Å². The molecule has 9 heteroatoms. The zero-order valence-corrected chi connectivity index (χ0v) is 21.2. The highest BCUT2D eigenvalue weighted by molar-refractivity contribution is 14.1. The lowest BCUT2D eigenvalue weighted by Gasteiger charge is -2.29. The van der Waals surface area contributed by atoms with Crippen LogP contribution in [-0.4, -0.2) is 29.7 Å². The van der Waals surface area contributed by atoms with Crippen LogP contribution in [0.2, 0.25) is 5.02 Å². The Morgan fingerprint density at radius 2 is 1.76 bits per heavy atom. The number of pyridine rings is 2. The molecule has 0 saturated heterocycles. The van der Waals surface area contributed by atoms with Gasteiger partial charge < -0.3 is 5.11 Å². The summed E-state index contributed by atoms with van der Waals surface area (Å²) in [4.78, 5) is 17.3. The van der Waals surface area contributed by atoms with Gasteiger partial charge in [-0.1, -0.05) is 41.1 Å². The maximum atomic E-state index is 12.7. The zero-order chi connectivity index (χ0) is 24.0. The number of fused-ring (bicyclic) bond motifs is 1. The van der Waals surface area contributed by atoms with Crippen molar-refractivity contribution in [3.8, 4) is 11.1 Å². The second kappa shape index (κ2) is 8.61. The summed E-state index contributed by atoms with van der Waals surface area (Å²) < 4.78 is 4.07. The topological polar surface area (TPSA) is 85.8 Å². The van der Waals surface area contributed by atoms with Crippen molar-refractivity contribution < 1.29 is 5.11 Å². The third kappa shape index (κ3) is 3.71. The smallest absolute Gasteiger partial charge is 0.252 e. The highest BCUT2D eigenvalue weighted by Crippen LogP contribution is 2.38. The third-order valence-corrected chi connectivity index (χ3v) is 6.93. The SMILES string of the molecule is Cn1nncc1[C@@](O)(c1ccc(I)cc1)c1cnc2c(c1)c(-c1cccc(Cl)c1)cc(=O)n2C. The second-order valence-corrected chi connectivity index (χ2v) is 9.70. The molecule has 0 unspecified atom stereocenters. The van der Waals surface area contributed by atoms with Crippen molar-refractivity contribution in [3.63, 3.8) is 0 Å². The number of aromatic nitrogens is 5. The van der Waals surface area contributed by atoms with Gasteiger partial charge in [0.15, 0.2) is 5.60 Å². The highest BCUT2D eigenvalue weighted by Gasteiger charge is 2.38. The Labute approximate surface area is 213 Å². The molecule has 1 N–H and O–H groups in total. The first-order chi connectivity index (χ1) is 16.3. The summed E-state index contributed by atoms with van der Waals surface area (Å²) in [6.45, 7) is 0. The largest absolute Gasteiger partial charge is 0.374 e. The van der Waals surface area contributed by atoms with Gasteiger partial charge in [-0.05, 0) is 69.6 Å². The van der Waals surface area contributed by atoms with Crippen LogP contribution in [0.1, 0.15) is 16.8 Å². The van der Waals surface area contributed by atoms with Gasteiger partial charge >= 0.3 is 0 Å². The van der Waals surface area contributed by atoms with E-state index in [0.717, 1.165) is 9.13 Å². The minimum atomic E-state index is -1.58. The predicted octanol–water partition coefficient (Wildman–Crippen LogP) is 4.27. The molecule has 7 nitrogen and oxygen atoms in total. The van der Waals surface area contributed by atoms with Crippen molar-refractivity contribution in [1.29, 1.82) is 0 Å². The van der Waals surface area contributed by atoms with Crippen molar-refractivity contribution in [2.45, 2.75) is 5.60 Å². The van der Waals surface area contributed by atoms with E-state index in [0.29, 0.717) is 38.4 Å². The number of nitrogens with zero attached hydrogens (tertiary/aromatic N) is 5. The number of halogens is 2. The molecule has 0 saturated carbocycles. The van der Waals surface area contributed by atoms with E-state index in [1.165, 1.54) is 4.57 Å². The Hall–Kier alpha value is -3.08. The standard InChI is InChI=1S/C25H19ClIN5O2/c1-31-23(33)12-20(15-4-3-5-18(26)10-15)21-11-17(13-28-24(21)31)25(34,22-14-29-30-32(22)2)16-6-8-19(27)9-7-16/h3-14,34H,1-2H3/t25-/m1/s1. The lowest BCUT2D eigenvalue weighted by molar-refractivity contribution is 0.116. The van der Waals surface area contributed by atoms with Crippen molar-refractivity contribution in [2.75, 3.05) is 0 Å². The fraction of sp³-hybridized carbons (Fsp3) is 0.120. The Balaban J connectivity index is 1.84. The van der Waals surface area contributed by atoms with Crippen LogP contribution in [0.15, 0.2) is 77.9 Å². The summed E-state index contributed by atoms with van der Waals surface area (Å²) in [5.41, 5.74) is 1.86. The number of rotatable bonds is 4. The first kappa shape index (κ1) is 22.7. The molecule has 0 aliphatic heterocycles. The molecule has 170 valence electrons. The van der Waals surface area contributed by atoms with E-state index >= 15 is 0 Å². The van der Waals surface area contributed by atoms with Gasteiger partial charge in [0, 0.05) is 45.9 Å². The van der Waals surface area contributed by atoms with Gasteiger partial charge in [-0.15, -0.1) is 5.10 Å². The molecule has 34 heavy (non-hydrogen) atoms. The van der Waals surface area contributed by atoms with E-state index in [1.54, 1.807) is 49.4 Å². The van der Waals surface area contributed by atoms with E-state index in [2.05, 4.69) is 37.9 Å². The Kier molecular flexibility index (Phi) is 5.75. The Bertz CT molecular complexity index is 1600. The van der Waals surface area contributed by atoms with E-state index in [1.807, 2.05) is 42.5 Å². The van der Waals surface area contributed by atoms with Crippen molar-refractivity contribution in [1.82, 2.24) is 24.5 Å². The van der Waals surface area contributed by atoms with E-state index in [9.17, 15) is 9.90 Å². The van der Waals surface area contributed by atoms with Crippen LogP contribution in [0, 0.1) is 3.57 Å². The normalized spacial score (nSPS) is 13.2. The summed E-state index contributed by atoms with van der Waals surface area (Å²) in [5.74, 6) is 0. The molecule has 5 aromatic rings. The number of hydrogen-bond acceptors (Lipinski definition) is 5. The maximum absolute atomic E-state index is 12.7. The molecule has 0 amide bonds. The highest BCUT2D eigenvalue weighted by atomic mass is 127. The van der Waals surface area contributed by atoms with Crippen LogP contribution in [0.3, 0.4) is 0 Å². The molecule has 1 atom stereocenters. The lowest BCUT2D eigenvalue weighted by Crippen LogP contribution is -2.32. The molecule has 5 rings (SSSR count). The van der Waals surface area contributed by atoms with Gasteiger partial charge in [0.2, 0.25) is 0 Å². The molecule has 0 radical (unpaired) electrons. The van der Waals surface area contributed by atoms with E-state index in [-0.39, 0.29) is 5.56 Å². The molecular weight excluding hydrogens is 565 g/mol. The zero-order valence-electron chi connectivity index (χ0n) is 18.3. The summed E-state index contributed by atoms with van der Waals surface area (Å²) in [6, 6.07) is 18.3. The molecule has 0 spiro atoms. The molecule has 0 fully saturated rings. The average molecular weight is 584 g/mol. The fourth-order valence-corrected chi connectivity index (χ4v) is 4.74. The van der Waals surface area contributed by atoms with Crippen LogP contribution in [0.5, 0.6) is 0 Å². The molecular formula is C25H19ClIN5O2. The Morgan fingerprint density at radius 1 is 1.00 bits per heavy atom. The monoisotopic (exact) mass is 583 g/mol. The van der Waals surface area contributed by atoms with Crippen molar-refractivity contribution in [2.24, 2.45) is 14.1 Å². The number of hydrogen-bond donors (Lipinski definition) is 1. The molecule has 0 bridgehead atoms. The minimum Gasteiger partial charge on any atom is -0.374 e. The van der Waals surface area contributed by atoms with E-state index < -0.39 is 5.60 Å². The van der Waals surface area contributed by atoms with Crippen LogP contribution in [-0.2, 0) is 19.7 Å². The minimum absolute atomic E-state index is 0.188. The van der Waals surface area contributed by atoms with Gasteiger partial charge in [-0.2, -0.15) is 0 Å². The summed E-state index contributed by atoms with van der Waals surface area (Å²) >= 11 is 8.47. The summed E-state index contributed by atoms with van der Waals surface area (Å²) in [5, 5.41) is 21.5. The van der Waals surface area contributed by atoms with Crippen LogP contribution in [0.4, 0.5) is 0 Å². The number of aryl methyl sites for hydroxylation is 2. The van der Waals surface area contributed by atoms with E-state index in [4.69, 9.17) is 11.6 Å². The first-order valence-corrected chi connectivity index (χ1v) is 11.8. The summed E-state index contributed by atoms with van der Waals surface area (Å²) in [7, 11) is 3.41. The van der Waals surface area contributed by atoms with Crippen LogP contribution in [0.25, 0.3) is 22.2 Å². The molecule has 0 aliphatic carbocycles. The number of aliphatic hydroxyl groups is 1. The lowest BCUT2D eigenvalue weighted by atomic mass is 9.83. The van der Waals surface area contributed by atoms with Crippen LogP contribution < -0.4 is 5.56 Å². The second-order valence-electron chi connectivity index (χ2n) is 8.02. The molecule has 3 aromatic heterocycles. The van der Waals surface area contributed by atoms with Gasteiger partial charge in [-0.3, -0.25) is 9.36 Å². The van der Waals surface area contributed by atoms with Crippen molar-refractivity contribution in [3.05, 3.63) is 109 Å². The Morgan fingerprint density at radius 3 is 2.44 bits per heavy atom. The third-order valence-electron chi connectivity index (χ3n) is 5.97. The number of benzene rings is 2. The van der Waals surface area contributed by atoms with Crippen molar-refractivity contribution >= 4 is 45.2 Å². The average Bonchev–Trinajstić information content (AvgIpc) is 3.27. The van der Waals surface area contributed by atoms with Gasteiger partial charge in [0.05, 0.1) is 11.9 Å². The molecule has 0 aliphatic rings. The van der Waals surface area contributed by atoms with Gasteiger partial charge in [0.25, 0.3) is 5.56 Å². The fourth-order valence-electron chi connectivity index (χ4n) is 4.19.